The van der Waals surface area contributed by atoms with Crippen LogP contribution in [0.2, 0.25) is 0 Å². The van der Waals surface area contributed by atoms with Crippen molar-refractivity contribution in [1.29, 1.82) is 0 Å². The third kappa shape index (κ3) is 5.38. The summed E-state index contributed by atoms with van der Waals surface area (Å²) < 4.78 is 46.0. The third-order valence-electron chi connectivity index (χ3n) is 3.09. The Morgan fingerprint density at radius 1 is 1.25 bits per heavy atom. The fraction of sp³-hybridized carbons (Fsp3) is 0.571. The molecule has 20 heavy (non-hydrogen) atoms. The van der Waals surface area contributed by atoms with E-state index in [2.05, 4.69) is 10.1 Å². The molecule has 1 N–H and O–H groups in total. The van der Waals surface area contributed by atoms with E-state index in [0.29, 0.717) is 6.42 Å². The lowest BCUT2D eigenvalue weighted by Gasteiger charge is -2.28. The van der Waals surface area contributed by atoms with E-state index in [1.54, 1.807) is 26.3 Å². The van der Waals surface area contributed by atoms with Gasteiger partial charge in [0.2, 0.25) is 0 Å². The van der Waals surface area contributed by atoms with Crippen LogP contribution in [0.5, 0.6) is 5.75 Å². The number of ether oxygens (including phenoxy) is 2. The van der Waals surface area contributed by atoms with Crippen LogP contribution in [0.25, 0.3) is 0 Å². The Morgan fingerprint density at radius 3 is 2.40 bits per heavy atom. The molecule has 0 aromatic heterocycles. The molecule has 0 bridgehead atoms. The normalized spacial score (nSPS) is 14.2. The van der Waals surface area contributed by atoms with Crippen LogP contribution in [0.1, 0.15) is 31.9 Å². The van der Waals surface area contributed by atoms with Gasteiger partial charge in [0.15, 0.2) is 0 Å². The molecule has 1 rings (SSSR count). The molecule has 0 spiro atoms. The Balaban J connectivity index is 2.91. The van der Waals surface area contributed by atoms with E-state index in [1.165, 1.54) is 12.1 Å². The molecule has 114 valence electrons. The average molecular weight is 291 g/mol. The van der Waals surface area contributed by atoms with Crippen molar-refractivity contribution < 1.29 is 22.6 Å². The summed E-state index contributed by atoms with van der Waals surface area (Å²) >= 11 is 0. The number of rotatable bonds is 6. The lowest BCUT2D eigenvalue weighted by atomic mass is 9.93. The Morgan fingerprint density at radius 2 is 1.90 bits per heavy atom. The first-order valence-electron chi connectivity index (χ1n) is 6.25. The number of methoxy groups -OCH3 is 1. The Labute approximate surface area is 117 Å². The molecule has 0 heterocycles. The smallest absolute Gasteiger partial charge is 0.406 e. The van der Waals surface area contributed by atoms with E-state index >= 15 is 0 Å². The van der Waals surface area contributed by atoms with Crippen molar-refractivity contribution in [1.82, 2.24) is 5.32 Å². The minimum atomic E-state index is -4.68. The molecule has 6 heteroatoms. The molecule has 0 aliphatic rings. The number of hydrogen-bond acceptors (Lipinski definition) is 3. The summed E-state index contributed by atoms with van der Waals surface area (Å²) in [5.74, 6) is -0.217. The minimum Gasteiger partial charge on any atom is -0.406 e. The molecule has 0 saturated heterocycles. The average Bonchev–Trinajstić information content (AvgIpc) is 2.34. The van der Waals surface area contributed by atoms with E-state index in [9.17, 15) is 13.2 Å². The predicted molar refractivity (Wildman–Crippen MR) is 70.6 cm³/mol. The molecule has 1 aromatic rings. The van der Waals surface area contributed by atoms with E-state index in [0.717, 1.165) is 5.56 Å². The highest BCUT2D eigenvalue weighted by atomic mass is 19.4. The maximum Gasteiger partial charge on any atom is 0.573 e. The SMILES string of the molecule is CNC(CC(C)(C)OC)c1cccc(OC(F)(F)F)c1. The number of benzene rings is 1. The van der Waals surface area contributed by atoms with Gasteiger partial charge in [0, 0.05) is 13.2 Å². The van der Waals surface area contributed by atoms with Crippen LogP contribution < -0.4 is 10.1 Å². The first-order valence-corrected chi connectivity index (χ1v) is 6.25. The Bertz CT molecular complexity index is 433. The van der Waals surface area contributed by atoms with Crippen molar-refractivity contribution in [3.63, 3.8) is 0 Å². The zero-order valence-corrected chi connectivity index (χ0v) is 12.0. The van der Waals surface area contributed by atoms with Crippen molar-refractivity contribution >= 4 is 0 Å². The third-order valence-corrected chi connectivity index (χ3v) is 3.09. The van der Waals surface area contributed by atoms with Crippen LogP contribution in [-0.4, -0.2) is 26.1 Å². The van der Waals surface area contributed by atoms with Crippen LogP contribution in [0.3, 0.4) is 0 Å². The summed E-state index contributed by atoms with van der Waals surface area (Å²) in [5, 5.41) is 3.08. The lowest BCUT2D eigenvalue weighted by molar-refractivity contribution is -0.274. The highest BCUT2D eigenvalue weighted by Gasteiger charge is 2.31. The van der Waals surface area contributed by atoms with Crippen LogP contribution >= 0.6 is 0 Å². The molecule has 3 nitrogen and oxygen atoms in total. The molecule has 0 aliphatic heterocycles. The van der Waals surface area contributed by atoms with Crippen LogP contribution in [-0.2, 0) is 4.74 Å². The van der Waals surface area contributed by atoms with Gasteiger partial charge in [-0.3, -0.25) is 0 Å². The fourth-order valence-electron chi connectivity index (χ4n) is 1.89. The van der Waals surface area contributed by atoms with Crippen LogP contribution in [0.4, 0.5) is 13.2 Å². The number of hydrogen-bond donors (Lipinski definition) is 1. The monoisotopic (exact) mass is 291 g/mol. The minimum absolute atomic E-state index is 0.123. The Kier molecular flexibility index (Phi) is 5.42. The van der Waals surface area contributed by atoms with Crippen molar-refractivity contribution in [3.05, 3.63) is 29.8 Å². The van der Waals surface area contributed by atoms with Gasteiger partial charge in [0.05, 0.1) is 5.60 Å². The highest BCUT2D eigenvalue weighted by Crippen LogP contribution is 2.29. The van der Waals surface area contributed by atoms with Crippen LogP contribution in [0, 0.1) is 0 Å². The topological polar surface area (TPSA) is 30.5 Å². The van der Waals surface area contributed by atoms with Gasteiger partial charge in [-0.1, -0.05) is 12.1 Å². The van der Waals surface area contributed by atoms with Crippen molar-refractivity contribution in [2.45, 2.75) is 38.3 Å². The number of alkyl halides is 3. The first kappa shape index (κ1) is 16.8. The summed E-state index contributed by atoms with van der Waals surface area (Å²) in [6.07, 6.45) is -4.06. The molecule has 0 radical (unpaired) electrons. The lowest BCUT2D eigenvalue weighted by Crippen LogP contribution is -2.30. The first-order chi connectivity index (χ1) is 9.17. The predicted octanol–water partition coefficient (Wildman–Crippen LogP) is 3.66. The maximum absolute atomic E-state index is 12.2. The van der Waals surface area contributed by atoms with Gasteiger partial charge in [-0.2, -0.15) is 0 Å². The van der Waals surface area contributed by atoms with Gasteiger partial charge in [0.25, 0.3) is 0 Å². The Hall–Kier alpha value is -1.27. The summed E-state index contributed by atoms with van der Waals surface area (Å²) in [7, 11) is 3.36. The summed E-state index contributed by atoms with van der Waals surface area (Å²) in [4.78, 5) is 0. The molecule has 1 aromatic carbocycles. The zero-order valence-electron chi connectivity index (χ0n) is 12.0. The van der Waals surface area contributed by atoms with Gasteiger partial charge in [-0.05, 0) is 45.0 Å². The van der Waals surface area contributed by atoms with E-state index in [4.69, 9.17) is 4.74 Å². The van der Waals surface area contributed by atoms with Crippen molar-refractivity contribution in [3.8, 4) is 5.75 Å². The zero-order chi connectivity index (χ0) is 15.4. The molecular formula is C14H20F3NO2. The molecule has 0 amide bonds. The second kappa shape index (κ2) is 6.45. The fourth-order valence-corrected chi connectivity index (χ4v) is 1.89. The van der Waals surface area contributed by atoms with Gasteiger partial charge in [0.1, 0.15) is 5.75 Å². The number of nitrogens with one attached hydrogen (secondary N) is 1. The van der Waals surface area contributed by atoms with Gasteiger partial charge < -0.3 is 14.8 Å². The van der Waals surface area contributed by atoms with E-state index in [1.807, 2.05) is 13.8 Å². The van der Waals surface area contributed by atoms with Crippen LogP contribution in [0.15, 0.2) is 24.3 Å². The molecule has 0 fully saturated rings. The van der Waals surface area contributed by atoms with Gasteiger partial charge in [-0.25, -0.2) is 0 Å². The van der Waals surface area contributed by atoms with Gasteiger partial charge in [-0.15, -0.1) is 13.2 Å². The largest absolute Gasteiger partial charge is 0.573 e. The highest BCUT2D eigenvalue weighted by molar-refractivity contribution is 5.31. The van der Waals surface area contributed by atoms with Crippen molar-refractivity contribution in [2.75, 3.05) is 14.2 Å². The molecule has 0 aliphatic carbocycles. The number of halogens is 3. The summed E-state index contributed by atoms with van der Waals surface area (Å²) in [6.45, 7) is 3.85. The van der Waals surface area contributed by atoms with E-state index < -0.39 is 6.36 Å². The van der Waals surface area contributed by atoms with Gasteiger partial charge >= 0.3 is 6.36 Å². The molecule has 0 saturated carbocycles. The molecule has 1 unspecified atom stereocenters. The maximum atomic E-state index is 12.2. The molecular weight excluding hydrogens is 271 g/mol. The quantitative estimate of drug-likeness (QED) is 0.867. The van der Waals surface area contributed by atoms with E-state index in [-0.39, 0.29) is 17.4 Å². The van der Waals surface area contributed by atoms with Crippen molar-refractivity contribution in [2.24, 2.45) is 0 Å². The second-order valence-corrected chi connectivity index (χ2v) is 5.13. The summed E-state index contributed by atoms with van der Waals surface area (Å²) in [5.41, 5.74) is 0.341. The molecule has 1 atom stereocenters. The summed E-state index contributed by atoms with van der Waals surface area (Å²) in [6, 6.07) is 5.85. The standard InChI is InChI=1S/C14H20F3NO2/c1-13(2,19-4)9-12(18-3)10-6-5-7-11(8-10)20-14(15,16)17/h5-8,12,18H,9H2,1-4H3. The second-order valence-electron chi connectivity index (χ2n) is 5.13.